The summed E-state index contributed by atoms with van der Waals surface area (Å²) in [5.41, 5.74) is 0. The third-order valence-electron chi connectivity index (χ3n) is 0.813. The number of nitrogens with zero attached hydrogens (tertiary/aromatic N) is 3. The van der Waals surface area contributed by atoms with Crippen molar-refractivity contribution in [2.45, 2.75) is 6.92 Å². The number of hydrogen-bond donors (Lipinski definition) is 0. The molecular weight excluding hydrogens is 122 g/mol. The molecule has 1 aliphatic rings. The molecule has 0 saturated carbocycles. The van der Waals surface area contributed by atoms with E-state index in [2.05, 4.69) is 15.2 Å². The minimum absolute atomic E-state index is 0.267. The van der Waals surface area contributed by atoms with E-state index in [9.17, 15) is 4.79 Å². The summed E-state index contributed by atoms with van der Waals surface area (Å²) in [5, 5.41) is 8.39. The van der Waals surface area contributed by atoms with Crippen LogP contribution in [-0.2, 0) is 9.53 Å². The van der Waals surface area contributed by atoms with Crippen LogP contribution in [0.5, 0.6) is 0 Å². The summed E-state index contributed by atoms with van der Waals surface area (Å²) in [6, 6.07) is 0. The van der Waals surface area contributed by atoms with Crippen LogP contribution in [0.4, 0.5) is 0 Å². The summed E-state index contributed by atoms with van der Waals surface area (Å²) in [6.07, 6.45) is 0. The van der Waals surface area contributed by atoms with E-state index < -0.39 is 0 Å². The van der Waals surface area contributed by atoms with E-state index in [1.54, 1.807) is 0 Å². The molecule has 1 aliphatic heterocycles. The Bertz CT molecular complexity index is 139. The largest absolute Gasteiger partial charge is 0.464 e. The van der Waals surface area contributed by atoms with Gasteiger partial charge in [-0.05, 0) is 10.4 Å². The summed E-state index contributed by atoms with van der Waals surface area (Å²) in [4.78, 5) is 10.1. The molecule has 0 spiro atoms. The van der Waals surface area contributed by atoms with Crippen LogP contribution in [0.2, 0.25) is 0 Å². The first-order chi connectivity index (χ1) is 4.29. The number of esters is 1. The molecule has 0 aromatic carbocycles. The van der Waals surface area contributed by atoms with Gasteiger partial charge in [0, 0.05) is 6.92 Å². The van der Waals surface area contributed by atoms with E-state index in [1.165, 1.54) is 12.0 Å². The van der Waals surface area contributed by atoms with Gasteiger partial charge in [-0.1, -0.05) is 0 Å². The third kappa shape index (κ3) is 2.63. The minimum atomic E-state index is -0.267. The molecule has 0 amide bonds. The molecule has 0 bridgehead atoms. The van der Waals surface area contributed by atoms with Gasteiger partial charge < -0.3 is 4.74 Å². The lowest BCUT2D eigenvalue weighted by molar-refractivity contribution is -0.141. The van der Waals surface area contributed by atoms with E-state index >= 15 is 0 Å². The first-order valence-electron chi connectivity index (χ1n) is 2.61. The lowest BCUT2D eigenvalue weighted by atomic mass is 10.7. The van der Waals surface area contributed by atoms with Crippen molar-refractivity contribution in [1.29, 1.82) is 0 Å². The molecule has 5 heteroatoms. The number of ether oxygens (including phenoxy) is 1. The molecule has 9 heavy (non-hydrogen) atoms. The van der Waals surface area contributed by atoms with E-state index in [4.69, 9.17) is 0 Å². The van der Waals surface area contributed by atoms with Crippen molar-refractivity contribution in [3.63, 3.8) is 0 Å². The van der Waals surface area contributed by atoms with Gasteiger partial charge in [-0.2, -0.15) is 0 Å². The Morgan fingerprint density at radius 1 is 1.67 bits per heavy atom. The first kappa shape index (κ1) is 6.00. The van der Waals surface area contributed by atoms with Gasteiger partial charge in [-0.3, -0.25) is 4.79 Å². The fraction of sp³-hybridized carbons (Fsp3) is 0.750. The molecule has 5 nitrogen and oxygen atoms in total. The van der Waals surface area contributed by atoms with Gasteiger partial charge in [-0.15, -0.1) is 5.12 Å². The van der Waals surface area contributed by atoms with Gasteiger partial charge in [0.2, 0.25) is 0 Å². The summed E-state index contributed by atoms with van der Waals surface area (Å²) in [7, 11) is 0. The van der Waals surface area contributed by atoms with Crippen molar-refractivity contribution >= 4 is 5.97 Å². The molecule has 1 heterocycles. The molecule has 1 rings (SSSR count). The van der Waals surface area contributed by atoms with Crippen LogP contribution in [0.3, 0.4) is 0 Å². The zero-order chi connectivity index (χ0) is 6.69. The van der Waals surface area contributed by atoms with Gasteiger partial charge in [-0.25, -0.2) is 0 Å². The summed E-state index contributed by atoms with van der Waals surface area (Å²) < 4.78 is 4.59. The molecule has 50 valence electrons. The molecule has 0 atom stereocenters. The van der Waals surface area contributed by atoms with Crippen LogP contribution in [-0.4, -0.2) is 24.2 Å². The Balaban J connectivity index is 1.87. The number of rotatable bonds is 3. The van der Waals surface area contributed by atoms with E-state index in [0.717, 1.165) is 0 Å². The van der Waals surface area contributed by atoms with Crippen molar-refractivity contribution in [2.75, 3.05) is 13.2 Å². The highest BCUT2D eigenvalue weighted by atomic mass is 16.5. The predicted octanol–water partition coefficient (Wildman–Crippen LogP) is 0.147. The van der Waals surface area contributed by atoms with Crippen molar-refractivity contribution < 1.29 is 9.53 Å². The second-order valence-corrected chi connectivity index (χ2v) is 1.61. The quantitative estimate of drug-likeness (QED) is 0.509. The third-order valence-corrected chi connectivity index (χ3v) is 0.813. The Labute approximate surface area is 52.3 Å². The molecule has 0 aromatic rings. The fourth-order valence-electron chi connectivity index (χ4n) is 0.389. The zero-order valence-corrected chi connectivity index (χ0v) is 5.07. The molecular formula is C4H7N3O2. The van der Waals surface area contributed by atoms with Crippen molar-refractivity contribution in [2.24, 2.45) is 10.4 Å². The smallest absolute Gasteiger partial charge is 0.302 e. The van der Waals surface area contributed by atoms with Gasteiger partial charge >= 0.3 is 5.97 Å². The highest BCUT2D eigenvalue weighted by Gasteiger charge is 2.09. The van der Waals surface area contributed by atoms with Crippen LogP contribution >= 0.6 is 0 Å². The van der Waals surface area contributed by atoms with Crippen molar-refractivity contribution in [3.8, 4) is 0 Å². The molecule has 0 fully saturated rings. The number of carbonyl (C=O) groups is 1. The Kier molecular flexibility index (Phi) is 1.62. The van der Waals surface area contributed by atoms with Crippen LogP contribution in [0.25, 0.3) is 0 Å². The maximum absolute atomic E-state index is 10.1. The fourth-order valence-corrected chi connectivity index (χ4v) is 0.389. The Morgan fingerprint density at radius 2 is 2.33 bits per heavy atom. The maximum atomic E-state index is 10.1. The lowest BCUT2D eigenvalue weighted by Gasteiger charge is -1.97. The summed E-state index contributed by atoms with van der Waals surface area (Å²) in [6.45, 7) is 2.30. The van der Waals surface area contributed by atoms with E-state index in [-0.39, 0.29) is 5.97 Å². The summed E-state index contributed by atoms with van der Waals surface area (Å²) >= 11 is 0. The SMILES string of the molecule is CC(=O)OCCN1N=N1. The standard InChI is InChI=1S/C4H7N3O2/c1-4(8)9-3-2-7-5-6-7/h2-3H2,1H3. The minimum Gasteiger partial charge on any atom is -0.464 e. The van der Waals surface area contributed by atoms with Crippen LogP contribution in [0, 0.1) is 0 Å². The topological polar surface area (TPSA) is 54.0 Å². The maximum Gasteiger partial charge on any atom is 0.302 e. The molecule has 0 N–H and O–H groups in total. The van der Waals surface area contributed by atoms with Gasteiger partial charge in [0.15, 0.2) is 0 Å². The van der Waals surface area contributed by atoms with Crippen molar-refractivity contribution in [1.82, 2.24) is 5.12 Å². The summed E-state index contributed by atoms with van der Waals surface area (Å²) in [5.74, 6) is -0.267. The van der Waals surface area contributed by atoms with Gasteiger partial charge in [0.25, 0.3) is 0 Å². The second-order valence-electron chi connectivity index (χ2n) is 1.61. The lowest BCUT2D eigenvalue weighted by Crippen LogP contribution is -2.10. The van der Waals surface area contributed by atoms with Crippen LogP contribution in [0.15, 0.2) is 10.4 Å². The van der Waals surface area contributed by atoms with E-state index in [0.29, 0.717) is 13.2 Å². The monoisotopic (exact) mass is 129 g/mol. The zero-order valence-electron chi connectivity index (χ0n) is 5.07. The molecule has 0 aliphatic carbocycles. The van der Waals surface area contributed by atoms with Crippen molar-refractivity contribution in [3.05, 3.63) is 0 Å². The number of carbonyl (C=O) groups excluding carboxylic acids is 1. The number of hydrogen-bond acceptors (Lipinski definition) is 5. The predicted molar refractivity (Wildman–Crippen MR) is 28.2 cm³/mol. The normalized spacial score (nSPS) is 13.7. The molecule has 0 unspecified atom stereocenters. The Morgan fingerprint density at radius 3 is 2.78 bits per heavy atom. The Hall–Kier alpha value is -1.13. The van der Waals surface area contributed by atoms with E-state index in [1.807, 2.05) is 0 Å². The molecule has 0 saturated heterocycles. The molecule has 0 aromatic heterocycles. The highest BCUT2D eigenvalue weighted by Crippen LogP contribution is 2.04. The van der Waals surface area contributed by atoms with Gasteiger partial charge in [0.05, 0.1) is 6.54 Å². The molecule has 0 radical (unpaired) electrons. The van der Waals surface area contributed by atoms with Crippen LogP contribution < -0.4 is 0 Å². The average molecular weight is 129 g/mol. The van der Waals surface area contributed by atoms with Crippen LogP contribution in [0.1, 0.15) is 6.92 Å². The first-order valence-corrected chi connectivity index (χ1v) is 2.61. The second kappa shape index (κ2) is 2.43. The highest BCUT2D eigenvalue weighted by molar-refractivity contribution is 5.65. The average Bonchev–Trinajstić information content (AvgIpc) is 2.48. The van der Waals surface area contributed by atoms with Gasteiger partial charge in [0.1, 0.15) is 6.61 Å².